The van der Waals surface area contributed by atoms with Gasteiger partial charge in [0, 0.05) is 5.56 Å². The summed E-state index contributed by atoms with van der Waals surface area (Å²) in [6.45, 7) is 7.04. The van der Waals surface area contributed by atoms with E-state index in [1.165, 1.54) is 12.1 Å². The van der Waals surface area contributed by atoms with Crippen LogP contribution in [-0.4, -0.2) is 22.1 Å². The fourth-order valence-electron chi connectivity index (χ4n) is 2.10. The zero-order chi connectivity index (χ0) is 21.0. The van der Waals surface area contributed by atoms with E-state index < -0.39 is 11.9 Å². The largest absolute Gasteiger partial charge is 0.343 e. The van der Waals surface area contributed by atoms with Gasteiger partial charge in [0.15, 0.2) is 0 Å². The molecular formula is C17H17Cl2N5O3S. The molecule has 0 aliphatic carbocycles. The first-order valence-corrected chi connectivity index (χ1v) is 9.50. The number of rotatable bonds is 5. The summed E-state index contributed by atoms with van der Waals surface area (Å²) in [6.07, 6.45) is 0.939. The van der Waals surface area contributed by atoms with Crippen molar-refractivity contribution < 1.29 is 9.59 Å². The molecule has 11 heteroatoms. The lowest BCUT2D eigenvalue weighted by molar-refractivity contribution is -0.115. The molecule has 148 valence electrons. The van der Waals surface area contributed by atoms with Crippen molar-refractivity contribution in [2.45, 2.75) is 29.7 Å². The molecule has 3 amide bonds. The molecule has 0 atom stereocenters. The average molecular weight is 442 g/mol. The van der Waals surface area contributed by atoms with Gasteiger partial charge in [-0.3, -0.25) is 14.9 Å². The summed E-state index contributed by atoms with van der Waals surface area (Å²) in [5.41, 5.74) is 0.495. The van der Waals surface area contributed by atoms with Gasteiger partial charge < -0.3 is 0 Å². The lowest BCUT2D eigenvalue weighted by atomic mass is 10.1. The Morgan fingerprint density at radius 1 is 1.32 bits per heavy atom. The smallest absolute Gasteiger partial charge is 0.273 e. The van der Waals surface area contributed by atoms with Gasteiger partial charge in [0.2, 0.25) is 0 Å². The highest BCUT2D eigenvalue weighted by Gasteiger charge is 2.18. The van der Waals surface area contributed by atoms with Gasteiger partial charge in [-0.25, -0.2) is 20.7 Å². The number of carbonyl (C=O) groups excluding carboxylic acids is 2. The number of urea groups is 1. The number of aromatic amines is 1. The normalized spacial score (nSPS) is 10.6. The van der Waals surface area contributed by atoms with Gasteiger partial charge in [-0.15, -0.1) is 0 Å². The Kier molecular flexibility index (Phi) is 7.25. The lowest BCUT2D eigenvalue weighted by Crippen LogP contribution is -2.46. The van der Waals surface area contributed by atoms with Crippen LogP contribution in [0.2, 0.25) is 10.0 Å². The second kappa shape index (κ2) is 9.24. The maximum Gasteiger partial charge on any atom is 0.343 e. The first-order valence-electron chi connectivity index (χ1n) is 7.92. The van der Waals surface area contributed by atoms with E-state index in [2.05, 4.69) is 16.8 Å². The van der Waals surface area contributed by atoms with E-state index >= 15 is 0 Å². The summed E-state index contributed by atoms with van der Waals surface area (Å²) < 4.78 is 0. The third kappa shape index (κ3) is 5.14. The summed E-state index contributed by atoms with van der Waals surface area (Å²) in [5, 5.41) is 10.1. The van der Waals surface area contributed by atoms with Crippen molar-refractivity contribution in [3.63, 3.8) is 0 Å². The number of hydrazine groups is 1. The van der Waals surface area contributed by atoms with Crippen LogP contribution in [0.1, 0.15) is 25.3 Å². The fraction of sp³-hybridized carbons (Fsp3) is 0.176. The summed E-state index contributed by atoms with van der Waals surface area (Å²) in [7, 11) is 0. The Hall–Kier alpha value is -2.33. The Morgan fingerprint density at radius 3 is 2.46 bits per heavy atom. The van der Waals surface area contributed by atoms with E-state index in [0.717, 1.165) is 17.8 Å². The number of H-pyrrole nitrogens is 1. The number of amides is 3. The average Bonchev–Trinajstić information content (AvgIpc) is 2.64. The predicted octanol–water partition coefficient (Wildman–Crippen LogP) is 3.45. The molecule has 28 heavy (non-hydrogen) atoms. The number of aromatic nitrogens is 2. The molecule has 4 N–H and O–H groups in total. The van der Waals surface area contributed by atoms with Crippen LogP contribution in [-0.2, 0) is 4.79 Å². The number of hydrogen-bond acceptors (Lipinski definition) is 6. The van der Waals surface area contributed by atoms with Crippen molar-refractivity contribution in [1.29, 1.82) is 0 Å². The van der Waals surface area contributed by atoms with Crippen molar-refractivity contribution >= 4 is 52.6 Å². The van der Waals surface area contributed by atoms with Crippen LogP contribution in [0.15, 0.2) is 45.6 Å². The zero-order valence-electron chi connectivity index (χ0n) is 15.0. The molecule has 0 aliphatic heterocycles. The minimum Gasteiger partial charge on any atom is -0.273 e. The molecule has 1 heterocycles. The molecule has 0 bridgehead atoms. The molecule has 0 radical (unpaired) electrons. The minimum atomic E-state index is -0.874. The molecule has 0 saturated carbocycles. The van der Waals surface area contributed by atoms with Gasteiger partial charge >= 0.3 is 6.03 Å². The van der Waals surface area contributed by atoms with Gasteiger partial charge in [-0.2, -0.15) is 5.10 Å². The lowest BCUT2D eigenvalue weighted by Gasteiger charge is -2.18. The quantitative estimate of drug-likeness (QED) is 0.282. The number of anilines is 1. The maximum atomic E-state index is 11.9. The van der Waals surface area contributed by atoms with Crippen LogP contribution >= 0.6 is 35.0 Å². The molecule has 2 aromatic rings. The Labute approximate surface area is 175 Å². The minimum absolute atomic E-state index is 0.0157. The molecule has 0 fully saturated rings. The van der Waals surface area contributed by atoms with E-state index in [-0.39, 0.29) is 27.2 Å². The highest BCUT2D eigenvalue weighted by atomic mass is 35.5. The summed E-state index contributed by atoms with van der Waals surface area (Å²) in [5.74, 6) is 5.03. The fourth-order valence-corrected chi connectivity index (χ4v) is 3.61. The van der Waals surface area contributed by atoms with Crippen molar-refractivity contribution in [3.8, 4) is 0 Å². The second-order valence-electron chi connectivity index (χ2n) is 5.85. The van der Waals surface area contributed by atoms with Crippen LogP contribution in [0.5, 0.6) is 0 Å². The third-order valence-electron chi connectivity index (χ3n) is 3.53. The van der Waals surface area contributed by atoms with E-state index in [1.807, 2.05) is 19.2 Å². The number of hydrogen-bond donors (Lipinski definition) is 3. The molecule has 1 aromatic carbocycles. The SMILES string of the molecule is C=CC(=O)NC(=O)N(N)c1cc(Cl)c(Sc2cc(C(C)C)c(=O)[nH]n2)c(Cl)c1. The van der Waals surface area contributed by atoms with E-state index in [4.69, 9.17) is 29.0 Å². The first-order chi connectivity index (χ1) is 13.1. The number of benzene rings is 1. The summed E-state index contributed by atoms with van der Waals surface area (Å²) >= 11 is 13.7. The van der Waals surface area contributed by atoms with Crippen molar-refractivity contribution in [2.75, 3.05) is 5.01 Å². The number of nitrogens with two attached hydrogens (primary N) is 1. The van der Waals surface area contributed by atoms with Gasteiger partial charge in [-0.1, -0.05) is 55.4 Å². The molecule has 0 spiro atoms. The molecule has 2 rings (SSSR count). The number of imide groups is 1. The number of carbonyl (C=O) groups is 2. The third-order valence-corrected chi connectivity index (χ3v) is 5.42. The van der Waals surface area contributed by atoms with Crippen LogP contribution in [0.3, 0.4) is 0 Å². The first kappa shape index (κ1) is 22.0. The molecule has 0 aliphatic rings. The Bertz CT molecular complexity index is 970. The maximum absolute atomic E-state index is 11.9. The molecule has 1 aromatic heterocycles. The highest BCUT2D eigenvalue weighted by Crippen LogP contribution is 2.40. The van der Waals surface area contributed by atoms with Crippen molar-refractivity contribution in [3.05, 3.63) is 56.8 Å². The van der Waals surface area contributed by atoms with Crippen molar-refractivity contribution in [1.82, 2.24) is 15.5 Å². The van der Waals surface area contributed by atoms with Gasteiger partial charge in [0.25, 0.3) is 11.5 Å². The van der Waals surface area contributed by atoms with Crippen molar-refractivity contribution in [2.24, 2.45) is 5.84 Å². The topological polar surface area (TPSA) is 121 Å². The Balaban J connectivity index is 2.30. The van der Waals surface area contributed by atoms with Crippen LogP contribution in [0.25, 0.3) is 0 Å². The molecule has 0 unspecified atom stereocenters. The van der Waals surface area contributed by atoms with Gasteiger partial charge in [-0.05, 0) is 30.2 Å². The number of halogens is 2. The van der Waals surface area contributed by atoms with Gasteiger partial charge in [0.05, 0.1) is 20.6 Å². The number of nitrogens with zero attached hydrogens (tertiary/aromatic N) is 2. The monoisotopic (exact) mass is 441 g/mol. The van der Waals surface area contributed by atoms with Crippen LogP contribution in [0, 0.1) is 0 Å². The van der Waals surface area contributed by atoms with E-state index in [1.54, 1.807) is 6.07 Å². The van der Waals surface area contributed by atoms with E-state index in [9.17, 15) is 14.4 Å². The number of nitrogens with one attached hydrogen (secondary N) is 2. The molecule has 8 nitrogen and oxygen atoms in total. The standard InChI is InChI=1S/C17H17Cl2N5O3S/c1-4-13(25)21-17(27)24(20)9-5-11(18)15(12(19)6-9)28-14-7-10(8(2)3)16(26)23-22-14/h4-8H,1,20H2,2-3H3,(H,23,26)(H,21,25,27). The van der Waals surface area contributed by atoms with E-state index in [0.29, 0.717) is 20.5 Å². The highest BCUT2D eigenvalue weighted by molar-refractivity contribution is 7.99. The zero-order valence-corrected chi connectivity index (χ0v) is 17.3. The predicted molar refractivity (Wildman–Crippen MR) is 110 cm³/mol. The second-order valence-corrected chi connectivity index (χ2v) is 7.70. The summed E-state index contributed by atoms with van der Waals surface area (Å²) in [4.78, 5) is 35.4. The summed E-state index contributed by atoms with van der Waals surface area (Å²) in [6, 6.07) is 3.63. The Morgan fingerprint density at radius 2 is 1.93 bits per heavy atom. The van der Waals surface area contributed by atoms with Crippen LogP contribution in [0.4, 0.5) is 10.5 Å². The molecule has 0 saturated heterocycles. The van der Waals surface area contributed by atoms with Crippen LogP contribution < -0.4 is 21.7 Å². The molecular weight excluding hydrogens is 425 g/mol. The van der Waals surface area contributed by atoms with Gasteiger partial charge in [0.1, 0.15) is 5.03 Å².